The second-order valence-electron chi connectivity index (χ2n) is 3.96. The Bertz CT molecular complexity index is 344. The van der Waals surface area contributed by atoms with Gasteiger partial charge in [-0.2, -0.15) is 0 Å². The van der Waals surface area contributed by atoms with Crippen LogP contribution < -0.4 is 5.32 Å². The summed E-state index contributed by atoms with van der Waals surface area (Å²) in [4.78, 5) is 15.7. The number of aromatic nitrogens is 3. The van der Waals surface area contributed by atoms with Crippen molar-refractivity contribution in [2.24, 2.45) is 0 Å². The Morgan fingerprint density at radius 3 is 2.69 bits per heavy atom. The van der Waals surface area contributed by atoms with Crippen molar-refractivity contribution in [3.63, 3.8) is 0 Å². The Labute approximate surface area is 94.5 Å². The van der Waals surface area contributed by atoms with E-state index in [1.54, 1.807) is 0 Å². The van der Waals surface area contributed by atoms with Crippen LogP contribution in [0, 0.1) is 0 Å². The number of H-pyrrole nitrogens is 1. The molecule has 0 aliphatic heterocycles. The normalized spacial score (nSPS) is 12.8. The van der Waals surface area contributed by atoms with E-state index in [-0.39, 0.29) is 30.3 Å². The molecule has 90 valence electrons. The van der Waals surface area contributed by atoms with E-state index < -0.39 is 0 Å². The van der Waals surface area contributed by atoms with Crippen molar-refractivity contribution in [3.05, 3.63) is 11.6 Å². The van der Waals surface area contributed by atoms with Crippen molar-refractivity contribution in [1.29, 1.82) is 0 Å². The predicted octanol–water partition coefficient (Wildman–Crippen LogP) is 0.429. The number of nitrogens with zero attached hydrogens (tertiary/aromatic N) is 2. The zero-order valence-corrected chi connectivity index (χ0v) is 9.82. The first kappa shape index (κ1) is 12.6. The number of rotatable bonds is 5. The average molecular weight is 226 g/mol. The lowest BCUT2D eigenvalue weighted by atomic mass is 10.2. The lowest BCUT2D eigenvalue weighted by Gasteiger charge is -2.11. The van der Waals surface area contributed by atoms with Gasteiger partial charge in [0.05, 0.1) is 12.6 Å². The van der Waals surface area contributed by atoms with Gasteiger partial charge in [0.25, 0.3) is 5.91 Å². The van der Waals surface area contributed by atoms with Crippen LogP contribution in [0.5, 0.6) is 0 Å². The molecular formula is C10H18N4O2. The monoisotopic (exact) mass is 226 g/mol. The summed E-state index contributed by atoms with van der Waals surface area (Å²) in [6.07, 6.45) is 0.670. The van der Waals surface area contributed by atoms with Crippen LogP contribution in [0.25, 0.3) is 0 Å². The molecule has 1 rings (SSSR count). The zero-order chi connectivity index (χ0) is 12.1. The smallest absolute Gasteiger partial charge is 0.291 e. The van der Waals surface area contributed by atoms with Gasteiger partial charge in [0.15, 0.2) is 0 Å². The molecule has 1 amide bonds. The maximum Gasteiger partial charge on any atom is 0.291 e. The molecule has 0 spiro atoms. The Morgan fingerprint density at radius 1 is 1.56 bits per heavy atom. The van der Waals surface area contributed by atoms with Gasteiger partial charge in [0, 0.05) is 5.92 Å². The van der Waals surface area contributed by atoms with Crippen LogP contribution in [0.2, 0.25) is 0 Å². The first-order chi connectivity index (χ1) is 7.58. The summed E-state index contributed by atoms with van der Waals surface area (Å²) in [6.45, 7) is 5.73. The molecule has 0 aromatic carbocycles. The van der Waals surface area contributed by atoms with E-state index in [4.69, 9.17) is 5.11 Å². The molecule has 16 heavy (non-hydrogen) atoms. The SMILES string of the molecule is CC[C@@H](CO)NC(=O)c1n[nH]c(C(C)C)n1. The van der Waals surface area contributed by atoms with Gasteiger partial charge in [-0.05, 0) is 6.42 Å². The van der Waals surface area contributed by atoms with E-state index in [0.717, 1.165) is 0 Å². The third-order valence-corrected chi connectivity index (χ3v) is 2.30. The number of aliphatic hydroxyl groups is 1. The van der Waals surface area contributed by atoms with Gasteiger partial charge in [-0.25, -0.2) is 4.98 Å². The fourth-order valence-electron chi connectivity index (χ4n) is 1.16. The van der Waals surface area contributed by atoms with Crippen molar-refractivity contribution in [2.45, 2.75) is 39.2 Å². The summed E-state index contributed by atoms with van der Waals surface area (Å²) in [6, 6.07) is -0.242. The largest absolute Gasteiger partial charge is 0.394 e. The Hall–Kier alpha value is -1.43. The third-order valence-electron chi connectivity index (χ3n) is 2.30. The lowest BCUT2D eigenvalue weighted by molar-refractivity contribution is 0.0904. The van der Waals surface area contributed by atoms with E-state index in [2.05, 4.69) is 20.5 Å². The Morgan fingerprint density at radius 2 is 2.25 bits per heavy atom. The van der Waals surface area contributed by atoms with Crippen LogP contribution in [0.15, 0.2) is 0 Å². The van der Waals surface area contributed by atoms with Gasteiger partial charge in [0.1, 0.15) is 5.82 Å². The molecule has 0 aliphatic carbocycles. The van der Waals surface area contributed by atoms with Gasteiger partial charge in [-0.1, -0.05) is 20.8 Å². The standard InChI is InChI=1S/C10H18N4O2/c1-4-7(5-15)11-10(16)9-12-8(6(2)3)13-14-9/h6-7,15H,4-5H2,1-3H3,(H,11,16)(H,12,13,14)/t7-/m0/s1. The number of carbonyl (C=O) groups is 1. The first-order valence-electron chi connectivity index (χ1n) is 5.42. The van der Waals surface area contributed by atoms with E-state index in [1.165, 1.54) is 0 Å². The number of aromatic amines is 1. The van der Waals surface area contributed by atoms with E-state index in [1.807, 2.05) is 20.8 Å². The molecule has 0 fully saturated rings. The topological polar surface area (TPSA) is 90.9 Å². The number of hydrogen-bond acceptors (Lipinski definition) is 4. The molecule has 0 saturated heterocycles. The van der Waals surface area contributed by atoms with Crippen LogP contribution in [0.1, 0.15) is 49.6 Å². The highest BCUT2D eigenvalue weighted by molar-refractivity contribution is 5.90. The minimum Gasteiger partial charge on any atom is -0.394 e. The van der Waals surface area contributed by atoms with Crippen molar-refractivity contribution in [1.82, 2.24) is 20.5 Å². The summed E-state index contributed by atoms with van der Waals surface area (Å²) in [5, 5.41) is 18.1. The molecule has 1 atom stereocenters. The predicted molar refractivity (Wildman–Crippen MR) is 59.1 cm³/mol. The fraction of sp³-hybridized carbons (Fsp3) is 0.700. The number of hydrogen-bond donors (Lipinski definition) is 3. The summed E-state index contributed by atoms with van der Waals surface area (Å²) >= 11 is 0. The minimum absolute atomic E-state index is 0.0797. The first-order valence-corrected chi connectivity index (χ1v) is 5.42. The molecule has 0 radical (unpaired) electrons. The van der Waals surface area contributed by atoms with Crippen molar-refractivity contribution in [2.75, 3.05) is 6.61 Å². The van der Waals surface area contributed by atoms with E-state index in [0.29, 0.717) is 12.2 Å². The van der Waals surface area contributed by atoms with Gasteiger partial charge in [-0.3, -0.25) is 9.89 Å². The maximum absolute atomic E-state index is 11.6. The molecule has 1 aromatic rings. The summed E-state index contributed by atoms with van der Waals surface area (Å²) in [5.74, 6) is 0.649. The maximum atomic E-state index is 11.6. The number of aliphatic hydroxyl groups excluding tert-OH is 1. The van der Waals surface area contributed by atoms with Gasteiger partial charge < -0.3 is 10.4 Å². The number of nitrogens with one attached hydrogen (secondary N) is 2. The summed E-state index contributed by atoms with van der Waals surface area (Å²) < 4.78 is 0. The summed E-state index contributed by atoms with van der Waals surface area (Å²) in [7, 11) is 0. The highest BCUT2D eigenvalue weighted by Crippen LogP contribution is 2.07. The second-order valence-corrected chi connectivity index (χ2v) is 3.96. The highest BCUT2D eigenvalue weighted by Gasteiger charge is 2.16. The van der Waals surface area contributed by atoms with Crippen LogP contribution >= 0.6 is 0 Å². The molecule has 1 heterocycles. The fourth-order valence-corrected chi connectivity index (χ4v) is 1.16. The average Bonchev–Trinajstić information content (AvgIpc) is 2.74. The number of amides is 1. The quantitative estimate of drug-likeness (QED) is 0.679. The molecule has 0 saturated carbocycles. The van der Waals surface area contributed by atoms with Gasteiger partial charge in [-0.15, -0.1) is 5.10 Å². The lowest BCUT2D eigenvalue weighted by Crippen LogP contribution is -2.37. The Kier molecular flexibility index (Phi) is 4.42. The van der Waals surface area contributed by atoms with Crippen molar-refractivity contribution < 1.29 is 9.90 Å². The molecule has 0 aliphatic rings. The molecule has 3 N–H and O–H groups in total. The zero-order valence-electron chi connectivity index (χ0n) is 9.82. The van der Waals surface area contributed by atoms with Crippen LogP contribution in [-0.2, 0) is 0 Å². The van der Waals surface area contributed by atoms with Crippen molar-refractivity contribution in [3.8, 4) is 0 Å². The third kappa shape index (κ3) is 3.03. The van der Waals surface area contributed by atoms with E-state index >= 15 is 0 Å². The summed E-state index contributed by atoms with van der Waals surface area (Å²) in [5.41, 5.74) is 0. The van der Waals surface area contributed by atoms with Crippen LogP contribution in [0.4, 0.5) is 0 Å². The van der Waals surface area contributed by atoms with Gasteiger partial charge in [0.2, 0.25) is 5.82 Å². The van der Waals surface area contributed by atoms with Gasteiger partial charge >= 0.3 is 0 Å². The highest BCUT2D eigenvalue weighted by atomic mass is 16.3. The molecule has 1 aromatic heterocycles. The molecule has 0 unspecified atom stereocenters. The van der Waals surface area contributed by atoms with Crippen LogP contribution in [0.3, 0.4) is 0 Å². The molecule has 0 bridgehead atoms. The van der Waals surface area contributed by atoms with Crippen molar-refractivity contribution >= 4 is 5.91 Å². The second kappa shape index (κ2) is 5.60. The van der Waals surface area contributed by atoms with Crippen LogP contribution in [-0.4, -0.2) is 38.8 Å². The number of carbonyl (C=O) groups excluding carboxylic acids is 1. The molecule has 6 heteroatoms. The minimum atomic E-state index is -0.357. The molecular weight excluding hydrogens is 208 g/mol. The van der Waals surface area contributed by atoms with E-state index in [9.17, 15) is 4.79 Å². The Balaban J connectivity index is 2.65. The molecule has 6 nitrogen and oxygen atoms in total.